The standard InChI is InChI=1S/C26H30N4O3S/c1-16(2)20-8-7-9-23-24(20)27-26(34-23)29(12-13-30-18(4)14-17(3)28-30)25(31)21-15-19(32-5)10-11-22(21)33-6/h7-11,14-16H,12-13H2,1-6H3. The zero-order valence-corrected chi connectivity index (χ0v) is 21.3. The quantitative estimate of drug-likeness (QED) is 0.330. The molecule has 178 valence electrons. The van der Waals surface area contributed by atoms with E-state index in [0.717, 1.165) is 21.6 Å². The third kappa shape index (κ3) is 4.63. The van der Waals surface area contributed by atoms with Gasteiger partial charge in [-0.3, -0.25) is 14.4 Å². The number of ether oxygens (including phenoxy) is 2. The Labute approximate surface area is 203 Å². The number of hydrogen-bond donors (Lipinski definition) is 0. The van der Waals surface area contributed by atoms with Crippen molar-refractivity contribution in [3.63, 3.8) is 0 Å². The number of carbonyl (C=O) groups is 1. The van der Waals surface area contributed by atoms with E-state index in [2.05, 4.69) is 31.1 Å². The lowest BCUT2D eigenvalue weighted by molar-refractivity contribution is 0.0982. The van der Waals surface area contributed by atoms with E-state index in [1.165, 1.54) is 16.9 Å². The minimum Gasteiger partial charge on any atom is -0.497 e. The lowest BCUT2D eigenvalue weighted by atomic mass is 10.0. The number of nitrogens with zero attached hydrogens (tertiary/aromatic N) is 4. The second-order valence-corrected chi connectivity index (χ2v) is 9.53. The number of methoxy groups -OCH3 is 2. The summed E-state index contributed by atoms with van der Waals surface area (Å²) in [6, 6.07) is 13.5. The lowest BCUT2D eigenvalue weighted by Gasteiger charge is -2.22. The van der Waals surface area contributed by atoms with Gasteiger partial charge in [0.15, 0.2) is 5.13 Å². The molecule has 0 spiro atoms. The van der Waals surface area contributed by atoms with Crippen LogP contribution in [-0.4, -0.2) is 41.4 Å². The maximum absolute atomic E-state index is 13.9. The Kier molecular flexibility index (Phi) is 6.88. The number of anilines is 1. The fourth-order valence-corrected chi connectivity index (χ4v) is 5.07. The van der Waals surface area contributed by atoms with Crippen LogP contribution in [0.3, 0.4) is 0 Å². The van der Waals surface area contributed by atoms with Gasteiger partial charge < -0.3 is 9.47 Å². The molecular formula is C26H30N4O3S. The second kappa shape index (κ2) is 9.85. The smallest absolute Gasteiger partial charge is 0.264 e. The second-order valence-electron chi connectivity index (χ2n) is 8.52. The summed E-state index contributed by atoms with van der Waals surface area (Å²) in [6.45, 7) is 9.25. The summed E-state index contributed by atoms with van der Waals surface area (Å²) in [4.78, 5) is 20.6. The predicted octanol–water partition coefficient (Wildman–Crippen LogP) is 5.60. The molecule has 4 rings (SSSR count). The van der Waals surface area contributed by atoms with Gasteiger partial charge in [-0.1, -0.05) is 37.3 Å². The van der Waals surface area contributed by atoms with Crippen molar-refractivity contribution in [1.82, 2.24) is 14.8 Å². The van der Waals surface area contributed by atoms with Gasteiger partial charge in [0.2, 0.25) is 0 Å². The van der Waals surface area contributed by atoms with Crippen molar-refractivity contribution < 1.29 is 14.3 Å². The number of carbonyl (C=O) groups excluding carboxylic acids is 1. The highest BCUT2D eigenvalue weighted by molar-refractivity contribution is 7.22. The molecule has 0 bridgehead atoms. The SMILES string of the molecule is COc1ccc(OC)c(C(=O)N(CCn2nc(C)cc2C)c2nc3c(C(C)C)cccc3s2)c1. The van der Waals surface area contributed by atoms with E-state index >= 15 is 0 Å². The summed E-state index contributed by atoms with van der Waals surface area (Å²) in [7, 11) is 3.14. The number of aryl methyl sites for hydroxylation is 2. The van der Waals surface area contributed by atoms with E-state index in [1.807, 2.05) is 30.7 Å². The molecule has 34 heavy (non-hydrogen) atoms. The maximum atomic E-state index is 13.9. The maximum Gasteiger partial charge on any atom is 0.264 e. The molecule has 0 saturated heterocycles. The van der Waals surface area contributed by atoms with Crippen LogP contribution in [0.5, 0.6) is 11.5 Å². The Bertz CT molecular complexity index is 1330. The van der Waals surface area contributed by atoms with E-state index in [-0.39, 0.29) is 5.91 Å². The summed E-state index contributed by atoms with van der Waals surface area (Å²) < 4.78 is 13.9. The van der Waals surface area contributed by atoms with E-state index in [0.29, 0.717) is 41.2 Å². The van der Waals surface area contributed by atoms with Crippen molar-refractivity contribution in [3.05, 3.63) is 65.0 Å². The van der Waals surface area contributed by atoms with Crippen LogP contribution >= 0.6 is 11.3 Å². The highest BCUT2D eigenvalue weighted by Gasteiger charge is 2.25. The fraction of sp³-hybridized carbons (Fsp3) is 0.346. The summed E-state index contributed by atoms with van der Waals surface area (Å²) in [5.41, 5.74) is 4.55. The lowest BCUT2D eigenvalue weighted by Crippen LogP contribution is -2.34. The van der Waals surface area contributed by atoms with Crippen molar-refractivity contribution in [2.24, 2.45) is 0 Å². The summed E-state index contributed by atoms with van der Waals surface area (Å²) in [5.74, 6) is 1.22. The summed E-state index contributed by atoms with van der Waals surface area (Å²) in [5, 5.41) is 5.22. The molecule has 4 aromatic rings. The first-order valence-electron chi connectivity index (χ1n) is 11.3. The Morgan fingerprint density at radius 2 is 1.91 bits per heavy atom. The van der Waals surface area contributed by atoms with E-state index in [4.69, 9.17) is 14.5 Å². The van der Waals surface area contributed by atoms with Crippen molar-refractivity contribution >= 4 is 32.6 Å². The van der Waals surface area contributed by atoms with Gasteiger partial charge in [-0.05, 0) is 55.7 Å². The van der Waals surface area contributed by atoms with E-state index in [1.54, 1.807) is 37.3 Å². The molecule has 0 aliphatic rings. The van der Waals surface area contributed by atoms with Gasteiger partial charge in [-0.15, -0.1) is 0 Å². The van der Waals surface area contributed by atoms with Crippen molar-refractivity contribution in [3.8, 4) is 11.5 Å². The number of benzene rings is 2. The van der Waals surface area contributed by atoms with Gasteiger partial charge in [0.1, 0.15) is 11.5 Å². The molecule has 0 N–H and O–H groups in total. The zero-order valence-electron chi connectivity index (χ0n) is 20.5. The number of amides is 1. The molecule has 2 aromatic heterocycles. The van der Waals surface area contributed by atoms with Gasteiger partial charge in [-0.25, -0.2) is 4.98 Å². The van der Waals surface area contributed by atoms with E-state index in [9.17, 15) is 4.79 Å². The van der Waals surface area contributed by atoms with Crippen molar-refractivity contribution in [1.29, 1.82) is 0 Å². The Morgan fingerprint density at radius 1 is 1.12 bits per heavy atom. The third-order valence-corrected chi connectivity index (χ3v) is 6.86. The van der Waals surface area contributed by atoms with Crippen LogP contribution in [0.1, 0.15) is 47.1 Å². The molecule has 0 saturated carbocycles. The Balaban J connectivity index is 1.79. The first kappa shape index (κ1) is 23.8. The molecule has 0 fully saturated rings. The average Bonchev–Trinajstić information content (AvgIpc) is 3.40. The monoisotopic (exact) mass is 478 g/mol. The molecule has 0 radical (unpaired) electrons. The number of para-hydroxylation sites is 1. The van der Waals surface area contributed by atoms with Gasteiger partial charge in [-0.2, -0.15) is 5.10 Å². The molecule has 0 aliphatic heterocycles. The van der Waals surface area contributed by atoms with Gasteiger partial charge in [0.25, 0.3) is 5.91 Å². The molecule has 1 amide bonds. The molecule has 0 aliphatic carbocycles. The number of fused-ring (bicyclic) bond motifs is 1. The molecule has 0 atom stereocenters. The minimum atomic E-state index is -0.192. The largest absolute Gasteiger partial charge is 0.497 e. The van der Waals surface area contributed by atoms with Gasteiger partial charge >= 0.3 is 0 Å². The normalized spacial score (nSPS) is 11.3. The Morgan fingerprint density at radius 3 is 2.56 bits per heavy atom. The average molecular weight is 479 g/mol. The first-order chi connectivity index (χ1) is 16.3. The van der Waals surface area contributed by atoms with Gasteiger partial charge in [0.05, 0.1) is 42.2 Å². The molecule has 8 heteroatoms. The predicted molar refractivity (Wildman–Crippen MR) is 137 cm³/mol. The summed E-state index contributed by atoms with van der Waals surface area (Å²) in [6.07, 6.45) is 0. The molecule has 2 aromatic carbocycles. The number of thiazole rings is 1. The van der Waals surface area contributed by atoms with Crippen LogP contribution in [0, 0.1) is 13.8 Å². The van der Waals surface area contributed by atoms with Crippen molar-refractivity contribution in [2.45, 2.75) is 40.2 Å². The van der Waals surface area contributed by atoms with Gasteiger partial charge in [0, 0.05) is 12.2 Å². The Hall–Kier alpha value is -3.39. The van der Waals surface area contributed by atoms with Crippen LogP contribution < -0.4 is 14.4 Å². The number of hydrogen-bond acceptors (Lipinski definition) is 6. The summed E-state index contributed by atoms with van der Waals surface area (Å²) >= 11 is 1.52. The third-order valence-electron chi connectivity index (χ3n) is 5.81. The van der Waals surface area contributed by atoms with Crippen LogP contribution in [0.2, 0.25) is 0 Å². The number of aromatic nitrogens is 3. The highest BCUT2D eigenvalue weighted by atomic mass is 32.1. The molecule has 7 nitrogen and oxygen atoms in total. The van der Waals surface area contributed by atoms with Crippen LogP contribution in [0.15, 0.2) is 42.5 Å². The fourth-order valence-electron chi connectivity index (χ4n) is 4.05. The molecule has 2 heterocycles. The van der Waals surface area contributed by atoms with Crippen LogP contribution in [0.4, 0.5) is 5.13 Å². The number of rotatable bonds is 8. The molecular weight excluding hydrogens is 448 g/mol. The zero-order chi connectivity index (χ0) is 24.4. The highest BCUT2D eigenvalue weighted by Crippen LogP contribution is 2.35. The topological polar surface area (TPSA) is 69.5 Å². The minimum absolute atomic E-state index is 0.192. The van der Waals surface area contributed by atoms with Crippen LogP contribution in [-0.2, 0) is 6.54 Å². The first-order valence-corrected chi connectivity index (χ1v) is 12.1. The van der Waals surface area contributed by atoms with Crippen LogP contribution in [0.25, 0.3) is 10.2 Å². The van der Waals surface area contributed by atoms with E-state index < -0.39 is 0 Å². The van der Waals surface area contributed by atoms with Crippen molar-refractivity contribution in [2.75, 3.05) is 25.7 Å². The molecule has 0 unspecified atom stereocenters.